The fraction of sp³-hybridized carbons (Fsp3) is 0.875. The fourth-order valence-electron chi connectivity index (χ4n) is 1.24. The highest BCUT2D eigenvalue weighted by Gasteiger charge is 2.22. The number of ketones is 1. The molecule has 1 atom stereocenters. The molecule has 0 heterocycles. The Morgan fingerprint density at radius 2 is 2.00 bits per heavy atom. The first kappa shape index (κ1) is 10.6. The first-order valence-electron chi connectivity index (χ1n) is 3.83. The van der Waals surface area contributed by atoms with Crippen LogP contribution in [0, 0.1) is 0 Å². The minimum Gasteiger partial charge on any atom is -0.400 e. The van der Waals surface area contributed by atoms with E-state index < -0.39 is 0 Å². The Labute approximate surface area is 68.0 Å². The largest absolute Gasteiger partial charge is 0.400 e. The number of rotatable bonds is 1. The molecule has 1 N–H and O–H groups in total. The lowest BCUT2D eigenvalue weighted by Crippen LogP contribution is -2.24. The summed E-state index contributed by atoms with van der Waals surface area (Å²) < 4.78 is 0. The highest BCUT2D eigenvalue weighted by Crippen LogP contribution is 2.17. The van der Waals surface area contributed by atoms with Crippen LogP contribution in [0.1, 0.15) is 19.3 Å². The molecule has 0 aromatic rings. The van der Waals surface area contributed by atoms with Gasteiger partial charge in [0, 0.05) is 26.0 Å². The van der Waals surface area contributed by atoms with E-state index in [-0.39, 0.29) is 0 Å². The van der Waals surface area contributed by atoms with Gasteiger partial charge in [0.2, 0.25) is 0 Å². The topological polar surface area (TPSA) is 40.5 Å². The third-order valence-corrected chi connectivity index (χ3v) is 1.95. The van der Waals surface area contributed by atoms with Gasteiger partial charge in [-0.2, -0.15) is 0 Å². The number of aliphatic hydroxyl groups excluding tert-OH is 1. The molecule has 0 aromatic carbocycles. The fourth-order valence-corrected chi connectivity index (χ4v) is 1.24. The predicted octanol–water partition coefficient (Wildman–Crippen LogP) is 0.278. The van der Waals surface area contributed by atoms with Crippen LogP contribution in [0.15, 0.2) is 0 Å². The SMILES string of the molecule is CN(C)C1CCC(=O)C1.CO. The molecule has 0 bridgehead atoms. The summed E-state index contributed by atoms with van der Waals surface area (Å²) >= 11 is 0. The van der Waals surface area contributed by atoms with E-state index in [2.05, 4.69) is 4.90 Å². The summed E-state index contributed by atoms with van der Waals surface area (Å²) in [7, 11) is 5.06. The maximum Gasteiger partial charge on any atom is 0.134 e. The van der Waals surface area contributed by atoms with Crippen LogP contribution in [-0.2, 0) is 4.79 Å². The Kier molecular flexibility index (Phi) is 5.07. The zero-order valence-corrected chi connectivity index (χ0v) is 7.50. The summed E-state index contributed by atoms with van der Waals surface area (Å²) in [5.41, 5.74) is 0. The monoisotopic (exact) mass is 159 g/mol. The van der Waals surface area contributed by atoms with Gasteiger partial charge >= 0.3 is 0 Å². The first-order valence-corrected chi connectivity index (χ1v) is 3.83. The minimum absolute atomic E-state index is 0.425. The smallest absolute Gasteiger partial charge is 0.134 e. The van der Waals surface area contributed by atoms with Crippen LogP contribution in [0.4, 0.5) is 0 Å². The van der Waals surface area contributed by atoms with Crippen LogP contribution >= 0.6 is 0 Å². The normalized spacial score (nSPS) is 23.4. The lowest BCUT2D eigenvalue weighted by Gasteiger charge is -2.16. The van der Waals surface area contributed by atoms with Crippen molar-refractivity contribution in [3.8, 4) is 0 Å². The van der Waals surface area contributed by atoms with Crippen molar-refractivity contribution in [1.82, 2.24) is 4.90 Å². The molecule has 0 aromatic heterocycles. The number of carbonyl (C=O) groups is 1. The van der Waals surface area contributed by atoms with Gasteiger partial charge in [0.25, 0.3) is 0 Å². The summed E-state index contributed by atoms with van der Waals surface area (Å²) in [6, 6.07) is 0.525. The molecule has 0 radical (unpaired) electrons. The highest BCUT2D eigenvalue weighted by atomic mass is 16.2. The van der Waals surface area contributed by atoms with E-state index in [1.54, 1.807) is 0 Å². The Morgan fingerprint density at radius 1 is 1.45 bits per heavy atom. The van der Waals surface area contributed by atoms with Crippen LogP contribution in [0.25, 0.3) is 0 Å². The standard InChI is InChI=1S/C7H13NO.CH4O/c1-8(2)6-3-4-7(9)5-6;1-2/h6H,3-5H2,1-2H3;2H,1H3. The van der Waals surface area contributed by atoms with Gasteiger partial charge < -0.3 is 10.0 Å². The van der Waals surface area contributed by atoms with Crippen molar-refractivity contribution in [3.05, 3.63) is 0 Å². The van der Waals surface area contributed by atoms with Crippen LogP contribution in [0.3, 0.4) is 0 Å². The Hall–Kier alpha value is -0.410. The van der Waals surface area contributed by atoms with Crippen LogP contribution < -0.4 is 0 Å². The van der Waals surface area contributed by atoms with E-state index in [9.17, 15) is 4.79 Å². The molecule has 0 aliphatic heterocycles. The van der Waals surface area contributed by atoms with E-state index >= 15 is 0 Å². The van der Waals surface area contributed by atoms with Crippen molar-refractivity contribution < 1.29 is 9.90 Å². The molecule has 0 amide bonds. The number of aliphatic hydroxyl groups is 1. The van der Waals surface area contributed by atoms with Crippen molar-refractivity contribution in [1.29, 1.82) is 0 Å². The van der Waals surface area contributed by atoms with Gasteiger partial charge in [0.05, 0.1) is 0 Å². The maximum atomic E-state index is 10.7. The van der Waals surface area contributed by atoms with Crippen LogP contribution in [-0.4, -0.2) is 43.0 Å². The lowest BCUT2D eigenvalue weighted by molar-refractivity contribution is -0.117. The summed E-state index contributed by atoms with van der Waals surface area (Å²) in [6.07, 6.45) is 2.63. The molecule has 1 fully saturated rings. The average molecular weight is 159 g/mol. The minimum atomic E-state index is 0.425. The second-order valence-corrected chi connectivity index (χ2v) is 2.90. The Bertz CT molecular complexity index is 123. The van der Waals surface area contributed by atoms with E-state index in [4.69, 9.17) is 5.11 Å². The molecule has 0 saturated heterocycles. The second kappa shape index (κ2) is 5.27. The number of carbonyl (C=O) groups excluding carboxylic acids is 1. The molecule has 0 spiro atoms. The van der Waals surface area contributed by atoms with Gasteiger partial charge in [-0.05, 0) is 20.5 Å². The van der Waals surface area contributed by atoms with Crippen molar-refractivity contribution >= 4 is 5.78 Å². The molecular formula is C8H17NO2. The number of hydrogen-bond donors (Lipinski definition) is 1. The summed E-state index contributed by atoms with van der Waals surface area (Å²) in [4.78, 5) is 12.9. The van der Waals surface area contributed by atoms with Gasteiger partial charge in [-0.25, -0.2) is 0 Å². The third kappa shape index (κ3) is 3.49. The van der Waals surface area contributed by atoms with Crippen LogP contribution in [0.5, 0.6) is 0 Å². The molecule has 1 rings (SSSR count). The maximum absolute atomic E-state index is 10.7. The van der Waals surface area contributed by atoms with E-state index in [0.717, 1.165) is 26.4 Å². The van der Waals surface area contributed by atoms with Crippen molar-refractivity contribution in [3.63, 3.8) is 0 Å². The summed E-state index contributed by atoms with van der Waals surface area (Å²) in [5.74, 6) is 0.425. The van der Waals surface area contributed by atoms with Gasteiger partial charge in [-0.15, -0.1) is 0 Å². The van der Waals surface area contributed by atoms with Gasteiger partial charge in [0.1, 0.15) is 5.78 Å². The summed E-state index contributed by atoms with van der Waals surface area (Å²) in [6.45, 7) is 0. The van der Waals surface area contributed by atoms with Gasteiger partial charge in [0.15, 0.2) is 0 Å². The molecule has 1 unspecified atom stereocenters. The zero-order chi connectivity index (χ0) is 8.85. The lowest BCUT2D eigenvalue weighted by atomic mass is 10.2. The predicted molar refractivity (Wildman–Crippen MR) is 44.5 cm³/mol. The van der Waals surface area contributed by atoms with Crippen molar-refractivity contribution in [2.75, 3.05) is 21.2 Å². The zero-order valence-electron chi connectivity index (χ0n) is 7.50. The molecular weight excluding hydrogens is 142 g/mol. The number of Topliss-reactive ketones (excluding diaryl/α,β-unsaturated/α-hetero) is 1. The number of nitrogens with zero attached hydrogens (tertiary/aromatic N) is 1. The van der Waals surface area contributed by atoms with Gasteiger partial charge in [-0.1, -0.05) is 0 Å². The molecule has 3 nitrogen and oxygen atoms in total. The molecule has 1 saturated carbocycles. The number of hydrogen-bond acceptors (Lipinski definition) is 3. The van der Waals surface area contributed by atoms with Crippen LogP contribution in [0.2, 0.25) is 0 Å². The van der Waals surface area contributed by atoms with E-state index in [0.29, 0.717) is 11.8 Å². The average Bonchev–Trinajstić information content (AvgIpc) is 2.40. The summed E-state index contributed by atoms with van der Waals surface area (Å²) in [5, 5.41) is 7.00. The second-order valence-electron chi connectivity index (χ2n) is 2.90. The molecule has 11 heavy (non-hydrogen) atoms. The Balaban J connectivity index is 0.000000461. The van der Waals surface area contributed by atoms with Crippen molar-refractivity contribution in [2.24, 2.45) is 0 Å². The first-order chi connectivity index (χ1) is 5.20. The molecule has 1 aliphatic carbocycles. The Morgan fingerprint density at radius 3 is 2.18 bits per heavy atom. The quantitative estimate of drug-likeness (QED) is 0.597. The van der Waals surface area contributed by atoms with Gasteiger partial charge in [-0.3, -0.25) is 4.79 Å². The highest BCUT2D eigenvalue weighted by molar-refractivity contribution is 5.81. The van der Waals surface area contributed by atoms with Crippen molar-refractivity contribution in [2.45, 2.75) is 25.3 Å². The van der Waals surface area contributed by atoms with E-state index in [1.165, 1.54) is 0 Å². The molecule has 1 aliphatic rings. The van der Waals surface area contributed by atoms with E-state index in [1.807, 2.05) is 14.1 Å². The molecule has 66 valence electrons. The molecule has 3 heteroatoms. The third-order valence-electron chi connectivity index (χ3n) is 1.95.